The fourth-order valence-corrected chi connectivity index (χ4v) is 2.77. The van der Waals surface area contributed by atoms with E-state index in [4.69, 9.17) is 15.2 Å². The van der Waals surface area contributed by atoms with E-state index in [-0.39, 0.29) is 11.5 Å². The van der Waals surface area contributed by atoms with Crippen LogP contribution in [0.5, 0.6) is 11.5 Å². The molecule has 3 heteroatoms. The third-order valence-electron chi connectivity index (χ3n) is 3.57. The van der Waals surface area contributed by atoms with Crippen LogP contribution in [0.4, 0.5) is 0 Å². The molecule has 1 atom stereocenters. The summed E-state index contributed by atoms with van der Waals surface area (Å²) in [6, 6.07) is 4.29. The van der Waals surface area contributed by atoms with E-state index in [1.807, 2.05) is 0 Å². The van der Waals surface area contributed by atoms with Gasteiger partial charge in [0.15, 0.2) is 11.5 Å². The summed E-state index contributed by atoms with van der Waals surface area (Å²) in [5, 5.41) is 0. The lowest BCUT2D eigenvalue weighted by molar-refractivity contribution is 0.171. The van der Waals surface area contributed by atoms with E-state index in [2.05, 4.69) is 26.0 Å². The highest BCUT2D eigenvalue weighted by Gasteiger charge is 2.36. The topological polar surface area (TPSA) is 44.5 Å². The Labute approximate surface area is 95.5 Å². The normalized spacial score (nSPS) is 25.3. The molecule has 16 heavy (non-hydrogen) atoms. The van der Waals surface area contributed by atoms with Gasteiger partial charge in [-0.15, -0.1) is 0 Å². The monoisotopic (exact) mass is 219 g/mol. The van der Waals surface area contributed by atoms with E-state index in [1.54, 1.807) is 0 Å². The lowest BCUT2D eigenvalue weighted by Gasteiger charge is -2.23. The molecule has 0 bridgehead atoms. The number of benzene rings is 1. The second-order valence-electron chi connectivity index (χ2n) is 5.28. The molecule has 2 N–H and O–H groups in total. The molecule has 0 saturated heterocycles. The highest BCUT2D eigenvalue weighted by Crippen LogP contribution is 2.47. The minimum Gasteiger partial charge on any atom is -0.486 e. The molecule has 0 aromatic heterocycles. The van der Waals surface area contributed by atoms with Gasteiger partial charge < -0.3 is 15.2 Å². The summed E-state index contributed by atoms with van der Waals surface area (Å²) in [7, 11) is 0. The summed E-state index contributed by atoms with van der Waals surface area (Å²) < 4.78 is 11.2. The van der Waals surface area contributed by atoms with Gasteiger partial charge in [-0.25, -0.2) is 0 Å². The van der Waals surface area contributed by atoms with E-state index in [1.165, 1.54) is 11.1 Å². The fraction of sp³-hybridized carbons (Fsp3) is 0.538. The number of hydrogen-bond donors (Lipinski definition) is 1. The number of hydrogen-bond acceptors (Lipinski definition) is 3. The average molecular weight is 219 g/mol. The molecule has 2 aliphatic rings. The molecular weight excluding hydrogens is 202 g/mol. The Kier molecular flexibility index (Phi) is 1.96. The van der Waals surface area contributed by atoms with Crippen molar-refractivity contribution in [2.24, 2.45) is 5.73 Å². The Morgan fingerprint density at radius 3 is 2.50 bits per heavy atom. The summed E-state index contributed by atoms with van der Waals surface area (Å²) in [5.74, 6) is 1.71. The number of rotatable bonds is 0. The third kappa shape index (κ3) is 1.31. The molecule has 1 aliphatic heterocycles. The number of ether oxygens (including phenoxy) is 2. The molecule has 86 valence electrons. The zero-order valence-electron chi connectivity index (χ0n) is 9.75. The van der Waals surface area contributed by atoms with Gasteiger partial charge >= 0.3 is 0 Å². The van der Waals surface area contributed by atoms with Crippen molar-refractivity contribution in [3.8, 4) is 11.5 Å². The minimum absolute atomic E-state index is 0.126. The maximum atomic E-state index is 6.16. The van der Waals surface area contributed by atoms with Gasteiger partial charge in [0.2, 0.25) is 0 Å². The highest BCUT2D eigenvalue weighted by molar-refractivity contribution is 5.53. The standard InChI is InChI=1S/C13H17NO2/c1-13(2)7-10(14)8-5-11-12(6-9(8)13)16-4-3-15-11/h5-6,10H,3-4,7,14H2,1-2H3/t10-/m1/s1. The van der Waals surface area contributed by atoms with Crippen molar-refractivity contribution in [1.29, 1.82) is 0 Å². The van der Waals surface area contributed by atoms with Crippen LogP contribution >= 0.6 is 0 Å². The quantitative estimate of drug-likeness (QED) is 0.727. The third-order valence-corrected chi connectivity index (χ3v) is 3.57. The Morgan fingerprint density at radius 2 is 1.81 bits per heavy atom. The molecule has 0 fully saturated rings. The van der Waals surface area contributed by atoms with Gasteiger partial charge in [-0.05, 0) is 35.1 Å². The van der Waals surface area contributed by atoms with Crippen LogP contribution in [0.3, 0.4) is 0 Å². The molecule has 0 amide bonds. The first kappa shape index (κ1) is 9.97. The van der Waals surface area contributed by atoms with Crippen molar-refractivity contribution < 1.29 is 9.47 Å². The SMILES string of the molecule is CC1(C)C[C@@H](N)c2cc3c(cc21)OCCO3. The van der Waals surface area contributed by atoms with Gasteiger partial charge in [0.25, 0.3) is 0 Å². The van der Waals surface area contributed by atoms with Crippen LogP contribution in [-0.2, 0) is 5.41 Å². The molecule has 1 heterocycles. The first-order chi connectivity index (χ1) is 7.58. The van der Waals surface area contributed by atoms with Gasteiger partial charge in [0.05, 0.1) is 0 Å². The summed E-state index contributed by atoms with van der Waals surface area (Å²) in [6.07, 6.45) is 0.991. The molecule has 0 spiro atoms. The molecule has 0 unspecified atom stereocenters. The zero-order valence-corrected chi connectivity index (χ0v) is 9.75. The lowest BCUT2D eigenvalue weighted by atomic mass is 9.86. The first-order valence-corrected chi connectivity index (χ1v) is 5.77. The summed E-state index contributed by atoms with van der Waals surface area (Å²) >= 11 is 0. The van der Waals surface area contributed by atoms with Crippen LogP contribution in [0.25, 0.3) is 0 Å². The second kappa shape index (κ2) is 3.14. The smallest absolute Gasteiger partial charge is 0.161 e. The molecular formula is C13H17NO2. The molecule has 1 aromatic rings. The highest BCUT2D eigenvalue weighted by atomic mass is 16.6. The van der Waals surface area contributed by atoms with Crippen molar-refractivity contribution in [2.75, 3.05) is 13.2 Å². The lowest BCUT2D eigenvalue weighted by Crippen LogP contribution is -2.17. The average Bonchev–Trinajstić information content (AvgIpc) is 2.47. The van der Waals surface area contributed by atoms with Crippen LogP contribution < -0.4 is 15.2 Å². The number of fused-ring (bicyclic) bond motifs is 2. The predicted octanol–water partition coefficient (Wildman–Crippen LogP) is 2.14. The van der Waals surface area contributed by atoms with Crippen molar-refractivity contribution in [1.82, 2.24) is 0 Å². The van der Waals surface area contributed by atoms with Gasteiger partial charge in [-0.1, -0.05) is 13.8 Å². The molecule has 0 radical (unpaired) electrons. The maximum Gasteiger partial charge on any atom is 0.161 e. The van der Waals surface area contributed by atoms with E-state index in [0.717, 1.165) is 17.9 Å². The molecule has 3 rings (SSSR count). The van der Waals surface area contributed by atoms with Gasteiger partial charge in [0, 0.05) is 6.04 Å². The zero-order chi connectivity index (χ0) is 11.3. The molecule has 0 saturated carbocycles. The van der Waals surface area contributed by atoms with Crippen molar-refractivity contribution in [3.05, 3.63) is 23.3 Å². The van der Waals surface area contributed by atoms with Crippen LogP contribution in [0.2, 0.25) is 0 Å². The van der Waals surface area contributed by atoms with E-state index >= 15 is 0 Å². The largest absolute Gasteiger partial charge is 0.486 e. The maximum absolute atomic E-state index is 6.16. The van der Waals surface area contributed by atoms with Crippen molar-refractivity contribution >= 4 is 0 Å². The van der Waals surface area contributed by atoms with Crippen LogP contribution in [0.15, 0.2) is 12.1 Å². The van der Waals surface area contributed by atoms with Gasteiger partial charge in [0.1, 0.15) is 13.2 Å². The van der Waals surface area contributed by atoms with E-state index in [0.29, 0.717) is 13.2 Å². The van der Waals surface area contributed by atoms with E-state index < -0.39 is 0 Å². The van der Waals surface area contributed by atoms with Crippen LogP contribution in [0.1, 0.15) is 37.4 Å². The van der Waals surface area contributed by atoms with Crippen molar-refractivity contribution in [3.63, 3.8) is 0 Å². The van der Waals surface area contributed by atoms with Gasteiger partial charge in [-0.3, -0.25) is 0 Å². The van der Waals surface area contributed by atoms with Gasteiger partial charge in [-0.2, -0.15) is 0 Å². The number of nitrogens with two attached hydrogens (primary N) is 1. The Bertz CT molecular complexity index is 440. The fourth-order valence-electron chi connectivity index (χ4n) is 2.77. The summed E-state index contributed by atoms with van der Waals surface area (Å²) in [4.78, 5) is 0. The predicted molar refractivity (Wildman–Crippen MR) is 62.0 cm³/mol. The Hall–Kier alpha value is -1.22. The van der Waals surface area contributed by atoms with E-state index in [9.17, 15) is 0 Å². The Morgan fingerprint density at radius 1 is 1.19 bits per heavy atom. The Balaban J connectivity index is 2.16. The first-order valence-electron chi connectivity index (χ1n) is 5.77. The summed E-state index contributed by atoms with van der Waals surface area (Å²) in [5.41, 5.74) is 8.83. The summed E-state index contributed by atoms with van der Waals surface area (Å²) in [6.45, 7) is 5.73. The van der Waals surface area contributed by atoms with Crippen LogP contribution in [0, 0.1) is 0 Å². The molecule has 3 nitrogen and oxygen atoms in total. The molecule has 1 aromatic carbocycles. The molecule has 1 aliphatic carbocycles. The second-order valence-corrected chi connectivity index (χ2v) is 5.28. The van der Waals surface area contributed by atoms with Crippen LogP contribution in [-0.4, -0.2) is 13.2 Å². The van der Waals surface area contributed by atoms with Crippen molar-refractivity contribution in [2.45, 2.75) is 31.7 Å². The minimum atomic E-state index is 0.126.